The molecule has 1 saturated heterocycles. The zero-order valence-corrected chi connectivity index (χ0v) is 18.2. The van der Waals surface area contributed by atoms with E-state index in [1.165, 1.54) is 4.90 Å². The second kappa shape index (κ2) is 9.15. The number of hydrogen-bond acceptors (Lipinski definition) is 5. The average Bonchev–Trinajstić information content (AvgIpc) is 2.76. The molecule has 0 spiro atoms. The molecule has 0 unspecified atom stereocenters. The van der Waals surface area contributed by atoms with Gasteiger partial charge in [-0.05, 0) is 24.6 Å². The third-order valence-electron chi connectivity index (χ3n) is 6.01. The van der Waals surface area contributed by atoms with E-state index in [9.17, 15) is 10.1 Å². The molecule has 3 heterocycles. The fourth-order valence-corrected chi connectivity index (χ4v) is 4.48. The monoisotopic (exact) mass is 441 g/mol. The van der Waals surface area contributed by atoms with Gasteiger partial charge in [-0.3, -0.25) is 4.79 Å². The van der Waals surface area contributed by atoms with Crippen molar-refractivity contribution in [2.45, 2.75) is 25.8 Å². The van der Waals surface area contributed by atoms with E-state index in [1.54, 1.807) is 16.7 Å². The molecule has 1 fully saturated rings. The molecular weight excluding hydrogens is 416 g/mol. The van der Waals surface area contributed by atoms with Crippen LogP contribution in [0.15, 0.2) is 46.6 Å². The van der Waals surface area contributed by atoms with Gasteiger partial charge < -0.3 is 24.7 Å². The smallest absolute Gasteiger partial charge is 0.258 e. The number of halogens is 1. The number of quaternary nitrogens is 1. The molecular formula is C23H26ClN4O3+. The molecule has 0 radical (unpaired) electrons. The Labute approximate surface area is 186 Å². The molecule has 4 rings (SSSR count). The summed E-state index contributed by atoms with van der Waals surface area (Å²) in [7, 11) is 0. The number of allylic oxidation sites excluding steroid dienone is 1. The van der Waals surface area contributed by atoms with E-state index < -0.39 is 5.92 Å². The lowest BCUT2D eigenvalue weighted by Gasteiger charge is -2.28. The number of rotatable bonds is 5. The molecule has 0 amide bonds. The lowest BCUT2D eigenvalue weighted by Crippen LogP contribution is -3.14. The van der Waals surface area contributed by atoms with Gasteiger partial charge in [0.25, 0.3) is 5.56 Å². The average molecular weight is 442 g/mol. The van der Waals surface area contributed by atoms with E-state index in [0.717, 1.165) is 50.5 Å². The molecule has 8 heteroatoms. The highest BCUT2D eigenvalue weighted by Gasteiger charge is 2.34. The van der Waals surface area contributed by atoms with Crippen molar-refractivity contribution in [1.29, 1.82) is 5.26 Å². The first-order valence-electron chi connectivity index (χ1n) is 10.5. The van der Waals surface area contributed by atoms with Crippen molar-refractivity contribution in [1.82, 2.24) is 4.57 Å². The number of aromatic nitrogens is 1. The van der Waals surface area contributed by atoms with Gasteiger partial charge in [0.05, 0.1) is 31.2 Å². The number of ether oxygens (including phenoxy) is 2. The summed E-state index contributed by atoms with van der Waals surface area (Å²) in [6.07, 6.45) is 0.879. The van der Waals surface area contributed by atoms with E-state index >= 15 is 0 Å². The Hall–Kier alpha value is -2.79. The van der Waals surface area contributed by atoms with Crippen molar-refractivity contribution in [3.63, 3.8) is 0 Å². The maximum atomic E-state index is 13.6. The van der Waals surface area contributed by atoms with Crippen LogP contribution in [0.1, 0.15) is 29.2 Å². The second-order valence-electron chi connectivity index (χ2n) is 7.96. The van der Waals surface area contributed by atoms with Crippen LogP contribution in [-0.2, 0) is 11.3 Å². The summed E-state index contributed by atoms with van der Waals surface area (Å²) >= 11 is 6.05. The number of hydrogen-bond donors (Lipinski definition) is 2. The lowest BCUT2D eigenvalue weighted by atomic mass is 9.84. The van der Waals surface area contributed by atoms with Gasteiger partial charge in [-0.15, -0.1) is 0 Å². The molecule has 0 aliphatic carbocycles. The zero-order valence-electron chi connectivity index (χ0n) is 17.5. The van der Waals surface area contributed by atoms with Gasteiger partial charge in [0.15, 0.2) is 0 Å². The Morgan fingerprint density at radius 1 is 1.29 bits per heavy atom. The summed E-state index contributed by atoms with van der Waals surface area (Å²) < 4.78 is 12.9. The first kappa shape index (κ1) is 21.4. The minimum atomic E-state index is -0.588. The fourth-order valence-electron chi connectivity index (χ4n) is 4.35. The zero-order chi connectivity index (χ0) is 22.0. The van der Waals surface area contributed by atoms with Crippen LogP contribution in [0.2, 0.25) is 5.02 Å². The van der Waals surface area contributed by atoms with Gasteiger partial charge in [0.2, 0.25) is 5.88 Å². The fraction of sp³-hybridized carbons (Fsp3) is 0.391. The summed E-state index contributed by atoms with van der Waals surface area (Å²) in [4.78, 5) is 15.1. The van der Waals surface area contributed by atoms with Gasteiger partial charge in [0.1, 0.15) is 30.5 Å². The van der Waals surface area contributed by atoms with Crippen LogP contribution in [0.3, 0.4) is 0 Å². The Morgan fingerprint density at radius 2 is 2.00 bits per heavy atom. The molecule has 2 aromatic rings. The molecule has 2 aliphatic heterocycles. The number of nitrogens with zero attached hydrogens (tertiary/aromatic N) is 2. The molecule has 0 saturated carbocycles. The maximum Gasteiger partial charge on any atom is 0.258 e. The van der Waals surface area contributed by atoms with Crippen LogP contribution in [-0.4, -0.2) is 37.4 Å². The summed E-state index contributed by atoms with van der Waals surface area (Å²) in [6, 6.07) is 11.1. The highest BCUT2D eigenvalue weighted by atomic mass is 35.5. The standard InChI is InChI=1S/C23H25ClN4O3/c1-15-13-19-21(23(29)28(15)8-2-7-27-9-11-30-12-10-27)20(18(14-25)22(26)31-19)16-3-5-17(24)6-4-16/h3-6,13,20H,2,7-12,26H2,1H3/p+1/t20-/m1/s1. The first-order valence-corrected chi connectivity index (χ1v) is 10.9. The second-order valence-corrected chi connectivity index (χ2v) is 8.40. The third-order valence-corrected chi connectivity index (χ3v) is 6.26. The molecule has 7 nitrogen and oxygen atoms in total. The first-order chi connectivity index (χ1) is 15.0. The van der Waals surface area contributed by atoms with Crippen LogP contribution < -0.4 is 20.9 Å². The quantitative estimate of drug-likeness (QED) is 0.730. The molecule has 1 aromatic carbocycles. The van der Waals surface area contributed by atoms with Gasteiger partial charge in [-0.1, -0.05) is 23.7 Å². The summed E-state index contributed by atoms with van der Waals surface area (Å²) in [5, 5.41) is 10.3. The number of aryl methyl sites for hydroxylation is 1. The topological polar surface area (TPSA) is 94.7 Å². The van der Waals surface area contributed by atoms with E-state index in [4.69, 9.17) is 26.8 Å². The Kier molecular flexibility index (Phi) is 6.33. The van der Waals surface area contributed by atoms with Crippen LogP contribution in [0.25, 0.3) is 0 Å². The molecule has 31 heavy (non-hydrogen) atoms. The molecule has 1 atom stereocenters. The Bertz CT molecular complexity index is 1100. The predicted octanol–water partition coefficient (Wildman–Crippen LogP) is 1.33. The normalized spacial score (nSPS) is 18.9. The molecule has 162 valence electrons. The van der Waals surface area contributed by atoms with Gasteiger partial charge in [0, 0.05) is 29.7 Å². The minimum absolute atomic E-state index is 0.0300. The number of pyridine rings is 1. The van der Waals surface area contributed by atoms with Crippen LogP contribution in [0, 0.1) is 18.3 Å². The minimum Gasteiger partial charge on any atom is -0.440 e. The SMILES string of the molecule is Cc1cc2c(c(=O)n1CCC[NH+]1CCOCC1)[C@H](c1ccc(Cl)cc1)C(C#N)=C(N)O2. The van der Waals surface area contributed by atoms with E-state index in [0.29, 0.717) is 22.9 Å². The van der Waals surface area contributed by atoms with Crippen molar-refractivity contribution in [3.8, 4) is 11.8 Å². The number of benzene rings is 1. The van der Waals surface area contributed by atoms with Crippen molar-refractivity contribution < 1.29 is 14.4 Å². The molecule has 3 N–H and O–H groups in total. The summed E-state index contributed by atoms with van der Waals surface area (Å²) in [6.45, 7) is 7.07. The third kappa shape index (κ3) is 4.33. The number of fused-ring (bicyclic) bond motifs is 1. The largest absolute Gasteiger partial charge is 0.440 e. The molecule has 2 aliphatic rings. The van der Waals surface area contributed by atoms with E-state index in [1.807, 2.05) is 25.1 Å². The van der Waals surface area contributed by atoms with Gasteiger partial charge in [-0.25, -0.2) is 0 Å². The lowest BCUT2D eigenvalue weighted by molar-refractivity contribution is -0.908. The molecule has 1 aromatic heterocycles. The summed E-state index contributed by atoms with van der Waals surface area (Å²) in [5.41, 5.74) is 8.17. The van der Waals surface area contributed by atoms with E-state index in [-0.39, 0.29) is 17.0 Å². The van der Waals surface area contributed by atoms with Crippen molar-refractivity contribution in [3.05, 3.63) is 74.0 Å². The van der Waals surface area contributed by atoms with Crippen LogP contribution in [0.5, 0.6) is 5.75 Å². The Balaban J connectivity index is 1.69. The van der Waals surface area contributed by atoms with Gasteiger partial charge >= 0.3 is 0 Å². The van der Waals surface area contributed by atoms with E-state index in [2.05, 4.69) is 6.07 Å². The highest BCUT2D eigenvalue weighted by molar-refractivity contribution is 6.30. The van der Waals surface area contributed by atoms with Crippen LogP contribution in [0.4, 0.5) is 0 Å². The Morgan fingerprint density at radius 3 is 2.68 bits per heavy atom. The number of nitrogens with one attached hydrogen (secondary N) is 1. The number of morpholine rings is 1. The summed E-state index contributed by atoms with van der Waals surface area (Å²) in [5.74, 6) is -0.147. The number of nitrogens with two attached hydrogens (primary N) is 1. The number of nitriles is 1. The van der Waals surface area contributed by atoms with Crippen molar-refractivity contribution >= 4 is 11.6 Å². The van der Waals surface area contributed by atoms with Gasteiger partial charge in [-0.2, -0.15) is 5.26 Å². The molecule has 0 bridgehead atoms. The maximum absolute atomic E-state index is 13.6. The predicted molar refractivity (Wildman–Crippen MR) is 117 cm³/mol. The van der Waals surface area contributed by atoms with Crippen LogP contribution >= 0.6 is 11.6 Å². The van der Waals surface area contributed by atoms with Crippen molar-refractivity contribution in [2.75, 3.05) is 32.8 Å². The van der Waals surface area contributed by atoms with Crippen molar-refractivity contribution in [2.24, 2.45) is 5.73 Å². The highest BCUT2D eigenvalue weighted by Crippen LogP contribution is 2.40.